The van der Waals surface area contributed by atoms with E-state index in [9.17, 15) is 15.0 Å². The average Bonchev–Trinajstić information content (AvgIpc) is 3.22. The molecule has 2 N–H and O–H groups in total. The zero-order valence-corrected chi connectivity index (χ0v) is 20.1. The molecule has 0 bridgehead atoms. The fourth-order valence-electron chi connectivity index (χ4n) is 4.55. The second kappa shape index (κ2) is 11.3. The number of carbonyl (C=O) groups is 1. The predicted molar refractivity (Wildman–Crippen MR) is 124 cm³/mol. The third-order valence-electron chi connectivity index (χ3n) is 6.92. The number of hydrogen-bond donors (Lipinski definition) is 2. The molecule has 2 saturated carbocycles. The maximum Gasteiger partial charge on any atom is 0.248 e. The predicted octanol–water partition coefficient (Wildman–Crippen LogP) is 3.56. The van der Waals surface area contributed by atoms with Crippen LogP contribution in [-0.2, 0) is 9.53 Å². The summed E-state index contributed by atoms with van der Waals surface area (Å²) in [5.41, 5.74) is 1.14. The summed E-state index contributed by atoms with van der Waals surface area (Å²) in [7, 11) is 1.80. The Balaban J connectivity index is 1.85. The second-order valence-electron chi connectivity index (χ2n) is 10.2. The van der Waals surface area contributed by atoms with E-state index in [1.807, 2.05) is 46.8 Å². The molecule has 2 aliphatic carbocycles. The number of hydrogen-bond acceptors (Lipinski definition) is 4. The van der Waals surface area contributed by atoms with Gasteiger partial charge in [0.05, 0.1) is 18.8 Å². The number of ether oxygens (including phenoxy) is 1. The summed E-state index contributed by atoms with van der Waals surface area (Å²) in [5, 5.41) is 20.9. The standard InChI is InChI=1S/C26H41NO4/c1-7-8-9-18(2)23(28)11-10-21-22-15-19(14-20(22)16-24(21)29)12-13-31-17-25(30)27(6)26(3,4)5/h10-12,18,20-24,28-29H,9,13-17H2,1-6H3/t18-,20-,21+,22-,23+,24+/m0/s1. The summed E-state index contributed by atoms with van der Waals surface area (Å²) < 4.78 is 5.61. The van der Waals surface area contributed by atoms with E-state index in [0.717, 1.165) is 19.3 Å². The lowest BCUT2D eigenvalue weighted by atomic mass is 9.89. The Kier molecular flexibility index (Phi) is 9.36. The van der Waals surface area contributed by atoms with Gasteiger partial charge in [0.25, 0.3) is 0 Å². The summed E-state index contributed by atoms with van der Waals surface area (Å²) in [5.74, 6) is 6.92. The van der Waals surface area contributed by atoms with Gasteiger partial charge in [0.1, 0.15) is 6.61 Å². The highest BCUT2D eigenvalue weighted by Crippen LogP contribution is 2.50. The van der Waals surface area contributed by atoms with Crippen LogP contribution in [0.4, 0.5) is 0 Å². The van der Waals surface area contributed by atoms with Crippen molar-refractivity contribution in [3.05, 3.63) is 23.8 Å². The SMILES string of the molecule is CC#CC[C@H](C)[C@H](O)C=C[C@@H]1[C@H]2CC(=CCOCC(=O)N(C)C(C)(C)C)C[C@H]2C[C@H]1O. The maximum absolute atomic E-state index is 12.2. The Morgan fingerprint density at radius 2 is 2.06 bits per heavy atom. The number of carbonyl (C=O) groups excluding carboxylic acids is 1. The van der Waals surface area contributed by atoms with E-state index < -0.39 is 6.10 Å². The molecule has 0 heterocycles. The molecule has 0 aromatic heterocycles. The minimum Gasteiger partial charge on any atom is -0.392 e. The Bertz CT molecular complexity index is 724. The van der Waals surface area contributed by atoms with Gasteiger partial charge in [0.2, 0.25) is 5.91 Å². The third kappa shape index (κ3) is 7.20. The van der Waals surface area contributed by atoms with Gasteiger partial charge in [-0.25, -0.2) is 0 Å². The number of aliphatic hydroxyl groups excluding tert-OH is 2. The molecule has 0 aromatic carbocycles. The second-order valence-corrected chi connectivity index (χ2v) is 10.2. The van der Waals surface area contributed by atoms with Crippen LogP contribution in [0.3, 0.4) is 0 Å². The molecule has 0 radical (unpaired) electrons. The smallest absolute Gasteiger partial charge is 0.248 e. The molecule has 0 unspecified atom stereocenters. The van der Waals surface area contributed by atoms with Crippen LogP contribution in [0.25, 0.3) is 0 Å². The first kappa shape index (κ1) is 25.6. The maximum atomic E-state index is 12.2. The Hall–Kier alpha value is -1.61. The lowest BCUT2D eigenvalue weighted by Crippen LogP contribution is -2.44. The van der Waals surface area contributed by atoms with Crippen LogP contribution in [0.2, 0.25) is 0 Å². The molecule has 5 heteroatoms. The largest absolute Gasteiger partial charge is 0.392 e. The van der Waals surface area contributed by atoms with Crippen LogP contribution >= 0.6 is 0 Å². The molecule has 5 nitrogen and oxygen atoms in total. The van der Waals surface area contributed by atoms with Gasteiger partial charge in [-0.15, -0.1) is 11.8 Å². The van der Waals surface area contributed by atoms with Gasteiger partial charge < -0.3 is 19.8 Å². The quantitative estimate of drug-likeness (QED) is 0.350. The number of nitrogens with zero attached hydrogens (tertiary/aromatic N) is 1. The summed E-state index contributed by atoms with van der Waals surface area (Å²) in [6, 6.07) is 0. The molecule has 1 amide bonds. The average molecular weight is 432 g/mol. The molecule has 2 aliphatic rings. The van der Waals surface area contributed by atoms with Gasteiger partial charge in [-0.2, -0.15) is 0 Å². The van der Waals surface area contributed by atoms with Crippen molar-refractivity contribution in [2.45, 2.75) is 78.0 Å². The van der Waals surface area contributed by atoms with Crippen molar-refractivity contribution in [2.75, 3.05) is 20.3 Å². The highest BCUT2D eigenvalue weighted by atomic mass is 16.5. The Labute approximate surface area is 188 Å². The van der Waals surface area contributed by atoms with Crippen molar-refractivity contribution in [3.63, 3.8) is 0 Å². The van der Waals surface area contributed by atoms with E-state index >= 15 is 0 Å². The minimum atomic E-state index is -0.541. The van der Waals surface area contributed by atoms with Gasteiger partial charge >= 0.3 is 0 Å². The minimum absolute atomic E-state index is 0.0137. The van der Waals surface area contributed by atoms with E-state index in [4.69, 9.17) is 4.74 Å². The summed E-state index contributed by atoms with van der Waals surface area (Å²) in [6.45, 7) is 10.3. The first-order valence-electron chi connectivity index (χ1n) is 11.5. The lowest BCUT2D eigenvalue weighted by Gasteiger charge is -2.31. The van der Waals surface area contributed by atoms with Crippen LogP contribution in [0.5, 0.6) is 0 Å². The van der Waals surface area contributed by atoms with Gasteiger partial charge in [-0.3, -0.25) is 4.79 Å². The van der Waals surface area contributed by atoms with E-state index in [1.54, 1.807) is 11.9 Å². The van der Waals surface area contributed by atoms with Crippen molar-refractivity contribution in [3.8, 4) is 11.8 Å². The molecule has 0 aromatic rings. The van der Waals surface area contributed by atoms with E-state index in [-0.39, 0.29) is 36.0 Å². The van der Waals surface area contributed by atoms with Crippen LogP contribution in [0.15, 0.2) is 23.8 Å². The molecule has 31 heavy (non-hydrogen) atoms. The van der Waals surface area contributed by atoms with Crippen LogP contribution in [0, 0.1) is 35.5 Å². The van der Waals surface area contributed by atoms with Crippen LogP contribution < -0.4 is 0 Å². The topological polar surface area (TPSA) is 70.0 Å². The number of allylic oxidation sites excluding steroid dienone is 1. The highest BCUT2D eigenvalue weighted by Gasteiger charge is 2.45. The van der Waals surface area contributed by atoms with Crippen molar-refractivity contribution in [1.82, 2.24) is 4.90 Å². The lowest BCUT2D eigenvalue weighted by molar-refractivity contribution is -0.138. The number of rotatable bonds is 8. The van der Waals surface area contributed by atoms with Crippen LogP contribution in [0.1, 0.15) is 60.3 Å². The summed E-state index contributed by atoms with van der Waals surface area (Å²) in [6.07, 6.45) is 8.50. The first-order valence-corrected chi connectivity index (χ1v) is 11.5. The molecule has 6 atom stereocenters. The fraction of sp³-hybridized carbons (Fsp3) is 0.731. The fourth-order valence-corrected chi connectivity index (χ4v) is 4.55. The van der Waals surface area contributed by atoms with Gasteiger partial charge in [0.15, 0.2) is 0 Å². The molecule has 0 spiro atoms. The highest BCUT2D eigenvalue weighted by molar-refractivity contribution is 5.77. The number of amides is 1. The van der Waals surface area contributed by atoms with E-state index in [0.29, 0.717) is 24.9 Å². The van der Waals surface area contributed by atoms with Crippen molar-refractivity contribution in [2.24, 2.45) is 23.7 Å². The molecular weight excluding hydrogens is 390 g/mol. The molecule has 2 fully saturated rings. The van der Waals surface area contributed by atoms with Crippen LogP contribution in [-0.4, -0.2) is 59.0 Å². The van der Waals surface area contributed by atoms with Gasteiger partial charge in [-0.05, 0) is 64.7 Å². The monoisotopic (exact) mass is 431 g/mol. The van der Waals surface area contributed by atoms with Crippen molar-refractivity contribution in [1.29, 1.82) is 0 Å². The zero-order valence-electron chi connectivity index (χ0n) is 20.1. The van der Waals surface area contributed by atoms with E-state index in [1.165, 1.54) is 5.57 Å². The number of fused-ring (bicyclic) bond motifs is 1. The summed E-state index contributed by atoms with van der Waals surface area (Å²) >= 11 is 0. The first-order chi connectivity index (χ1) is 14.5. The molecule has 2 rings (SSSR count). The zero-order chi connectivity index (χ0) is 23.2. The van der Waals surface area contributed by atoms with Gasteiger partial charge in [-0.1, -0.05) is 30.7 Å². The Morgan fingerprint density at radius 3 is 2.71 bits per heavy atom. The number of aliphatic hydroxyl groups is 2. The summed E-state index contributed by atoms with van der Waals surface area (Å²) in [4.78, 5) is 13.9. The normalized spacial score (nSPS) is 29.0. The Morgan fingerprint density at radius 1 is 1.35 bits per heavy atom. The molecule has 0 saturated heterocycles. The van der Waals surface area contributed by atoms with Crippen molar-refractivity contribution >= 4 is 5.91 Å². The molecular formula is C26H41NO4. The van der Waals surface area contributed by atoms with Crippen molar-refractivity contribution < 1.29 is 19.7 Å². The van der Waals surface area contributed by atoms with Gasteiger partial charge in [0, 0.05) is 24.9 Å². The molecule has 0 aliphatic heterocycles. The third-order valence-corrected chi connectivity index (χ3v) is 6.92. The number of likely N-dealkylation sites (N-methyl/N-ethyl adjacent to an activating group) is 1. The molecule has 174 valence electrons. The van der Waals surface area contributed by atoms with E-state index in [2.05, 4.69) is 17.9 Å².